The average molecular weight is 1040 g/mol. The number of hydrogen-bond donors (Lipinski definition) is 0. The third-order valence-corrected chi connectivity index (χ3v) is 39.0. The molecule has 0 fully saturated rings. The summed E-state index contributed by atoms with van der Waals surface area (Å²) < 4.78 is 2.92. The molecule has 0 N–H and O–H groups in total. The van der Waals surface area contributed by atoms with E-state index in [1.165, 1.54) is 196 Å². The number of unbranched alkanes of at least 4 members (excludes halogenated alkanes) is 9. The fraction of sp³-hybridized carbons (Fsp3) is 0.613. The van der Waals surface area contributed by atoms with Gasteiger partial charge in [0.2, 0.25) is 0 Å². The normalized spacial score (nSPS) is 12.9. The highest BCUT2D eigenvalue weighted by molar-refractivity contribution is 7.99. The molecule has 0 amide bonds. The van der Waals surface area contributed by atoms with Gasteiger partial charge in [-0.15, -0.1) is 11.8 Å². The lowest BCUT2D eigenvalue weighted by Crippen LogP contribution is -2.48. The third-order valence-electron chi connectivity index (χ3n) is 16.1. The first-order valence-corrected chi connectivity index (χ1v) is 40.6. The van der Waals surface area contributed by atoms with E-state index < -0.39 is 40.4 Å². The zero-order chi connectivity index (χ0) is 50.0. The molecular weight excluding hydrogens is 937 g/mol. The van der Waals surface area contributed by atoms with Gasteiger partial charge in [-0.3, -0.25) is 0 Å². The van der Waals surface area contributed by atoms with E-state index in [-0.39, 0.29) is 0 Å². The molecular formula is C62H103NP2SSi3. The van der Waals surface area contributed by atoms with Gasteiger partial charge in [0.05, 0.1) is 24.2 Å². The first-order valence-electron chi connectivity index (χ1n) is 28.9. The summed E-state index contributed by atoms with van der Waals surface area (Å²) in [6.45, 7) is 21.7. The lowest BCUT2D eigenvalue weighted by Gasteiger charge is -2.38. The Kier molecular flexibility index (Phi) is 28.6. The van der Waals surface area contributed by atoms with Gasteiger partial charge in [0, 0.05) is 26.3 Å². The van der Waals surface area contributed by atoms with Crippen molar-refractivity contribution in [1.29, 1.82) is 0 Å². The van der Waals surface area contributed by atoms with Gasteiger partial charge in [-0.2, -0.15) is 0 Å². The van der Waals surface area contributed by atoms with Crippen LogP contribution in [0.2, 0.25) is 54.4 Å². The minimum atomic E-state index is -1.64. The second-order valence-electron chi connectivity index (χ2n) is 21.2. The molecule has 1 unspecified atom stereocenters. The fourth-order valence-electron chi connectivity index (χ4n) is 11.8. The van der Waals surface area contributed by atoms with E-state index in [0.29, 0.717) is 0 Å². The summed E-state index contributed by atoms with van der Waals surface area (Å²) >= 11 is 1.93. The quantitative estimate of drug-likeness (QED) is 0.0252. The van der Waals surface area contributed by atoms with Crippen LogP contribution in [0.5, 0.6) is 0 Å². The van der Waals surface area contributed by atoms with Crippen LogP contribution in [0.4, 0.5) is 0 Å². The monoisotopic (exact) mass is 1040 g/mol. The van der Waals surface area contributed by atoms with Crippen LogP contribution in [0.3, 0.4) is 0 Å². The van der Waals surface area contributed by atoms with Crippen LogP contribution >= 0.6 is 27.9 Å². The van der Waals surface area contributed by atoms with E-state index in [0.717, 1.165) is 0 Å². The number of hydrogen-bond acceptors (Lipinski definition) is 2. The van der Waals surface area contributed by atoms with Gasteiger partial charge < -0.3 is 0 Å². The zero-order valence-electron chi connectivity index (χ0n) is 46.6. The van der Waals surface area contributed by atoms with Crippen LogP contribution in [0.25, 0.3) is 0 Å². The van der Waals surface area contributed by atoms with E-state index in [1.807, 2.05) is 11.8 Å². The summed E-state index contributed by atoms with van der Waals surface area (Å²) in [5.41, 5.74) is 0. The Morgan fingerprint density at radius 3 is 0.841 bits per heavy atom. The predicted octanol–water partition coefficient (Wildman–Crippen LogP) is 17.9. The number of benzene rings is 4. The van der Waals surface area contributed by atoms with Gasteiger partial charge in [-0.1, -0.05) is 339 Å². The van der Waals surface area contributed by atoms with Gasteiger partial charge in [0.25, 0.3) is 0 Å². The number of thioether (sulfide) groups is 1. The van der Waals surface area contributed by atoms with Crippen LogP contribution in [0.1, 0.15) is 178 Å². The first-order chi connectivity index (χ1) is 33.7. The molecule has 0 saturated heterocycles. The van der Waals surface area contributed by atoms with Gasteiger partial charge in [0.1, 0.15) is 0 Å². The van der Waals surface area contributed by atoms with Gasteiger partial charge in [-0.05, 0) is 35.3 Å². The minimum Gasteiger partial charge on any atom is -0.248 e. The Bertz CT molecular complexity index is 1810. The van der Waals surface area contributed by atoms with Crippen LogP contribution in [-0.2, 0) is 0 Å². The predicted molar refractivity (Wildman–Crippen MR) is 331 cm³/mol. The molecule has 1 atom stereocenters. The molecule has 69 heavy (non-hydrogen) atoms. The molecule has 1 nitrogen and oxygen atoms in total. The van der Waals surface area contributed by atoms with Crippen molar-refractivity contribution >= 4 is 88.9 Å². The second-order valence-corrected chi connectivity index (χ2v) is 40.8. The highest BCUT2D eigenvalue weighted by Gasteiger charge is 2.38. The SMILES string of the molecule is CCCC[Si](CCCC)(CCCC)c1ccc(P(c2ccc([Si](CCCC)(CCCC)CCCC)cc2)N(C)P(c2ccc([Si](CCCC)(CCCC)CCCC)cc2)c2ccccc2SC)cc1. The van der Waals surface area contributed by atoms with Crippen molar-refractivity contribution in [1.82, 2.24) is 4.44 Å². The average Bonchev–Trinajstić information content (AvgIpc) is 3.39. The minimum absolute atomic E-state index is 0.840. The molecule has 4 aromatic carbocycles. The molecule has 0 spiro atoms. The van der Waals surface area contributed by atoms with E-state index >= 15 is 0 Å². The molecule has 0 bridgehead atoms. The maximum absolute atomic E-state index is 2.92. The number of nitrogens with zero attached hydrogens (tertiary/aromatic N) is 1. The van der Waals surface area contributed by atoms with Crippen molar-refractivity contribution in [3.8, 4) is 0 Å². The summed E-state index contributed by atoms with van der Waals surface area (Å²) in [5.74, 6) is 0. The van der Waals surface area contributed by atoms with Crippen molar-refractivity contribution in [3.05, 3.63) is 97.1 Å². The maximum atomic E-state index is 2.92. The van der Waals surface area contributed by atoms with Crippen molar-refractivity contribution in [3.63, 3.8) is 0 Å². The summed E-state index contributed by atoms with van der Waals surface area (Å²) in [4.78, 5) is 1.43. The van der Waals surface area contributed by atoms with Gasteiger partial charge in [-0.25, -0.2) is 4.44 Å². The molecule has 0 aliphatic rings. The molecule has 0 heterocycles. The molecule has 7 heteroatoms. The largest absolute Gasteiger partial charge is 0.248 e. The lowest BCUT2D eigenvalue weighted by atomic mass is 10.3. The molecule has 0 radical (unpaired) electrons. The van der Waals surface area contributed by atoms with E-state index in [4.69, 9.17) is 0 Å². The van der Waals surface area contributed by atoms with Crippen molar-refractivity contribution in [2.75, 3.05) is 13.3 Å². The third kappa shape index (κ3) is 16.9. The fourth-order valence-corrected chi connectivity index (χ4v) is 35.2. The van der Waals surface area contributed by atoms with Crippen molar-refractivity contribution < 1.29 is 0 Å². The summed E-state index contributed by atoms with van der Waals surface area (Å²) in [6.07, 6.45) is 26.4. The first kappa shape index (κ1) is 60.3. The van der Waals surface area contributed by atoms with Crippen LogP contribution in [-0.4, -0.2) is 42.0 Å². The molecule has 0 aromatic heterocycles. The van der Waals surface area contributed by atoms with Crippen LogP contribution in [0.15, 0.2) is 102 Å². The van der Waals surface area contributed by atoms with E-state index in [9.17, 15) is 0 Å². The Labute approximate surface area is 438 Å². The molecule has 4 rings (SSSR count). The highest BCUT2D eigenvalue weighted by Crippen LogP contribution is 2.54. The van der Waals surface area contributed by atoms with Gasteiger partial charge >= 0.3 is 0 Å². The molecule has 0 aliphatic heterocycles. The Balaban J connectivity index is 2.00. The smallest absolute Gasteiger partial charge is 0.0867 e. The van der Waals surface area contributed by atoms with Crippen molar-refractivity contribution in [2.24, 2.45) is 0 Å². The Morgan fingerprint density at radius 2 is 0.594 bits per heavy atom. The number of rotatable bonds is 37. The van der Waals surface area contributed by atoms with Gasteiger partial charge in [0.15, 0.2) is 0 Å². The van der Waals surface area contributed by atoms with E-state index in [1.54, 1.807) is 15.6 Å². The molecule has 4 aromatic rings. The highest BCUT2D eigenvalue weighted by atomic mass is 32.2. The zero-order valence-corrected chi connectivity index (χ0v) is 52.2. The Morgan fingerprint density at radius 1 is 0.348 bits per heavy atom. The topological polar surface area (TPSA) is 3.24 Å². The van der Waals surface area contributed by atoms with Crippen LogP contribution < -0.4 is 36.8 Å². The standard InChI is InChI=1S/C62H103NP2SSi3/c1-12-21-46-67(47-22-13-2,48-23-14-3)58-40-34-55(35-41-58)64(56-36-42-59(43-37-56)68(49-24-15-4,50-25-16-5)51-26-17-6)63(10)65(61-32-30-31-33-62(61)66-11)57-38-44-60(45-39-57)69(52-27-18-7,53-28-19-8)54-29-20-9/h30-45H,12-29,46-54H2,1-11H3. The van der Waals surface area contributed by atoms with Crippen molar-refractivity contribution in [2.45, 2.75) is 237 Å². The summed E-state index contributed by atoms with van der Waals surface area (Å²) in [6, 6.07) is 54.4. The summed E-state index contributed by atoms with van der Waals surface area (Å²) in [5, 5.41) is 11.3. The molecule has 0 aliphatic carbocycles. The van der Waals surface area contributed by atoms with E-state index in [2.05, 4.69) is 177 Å². The maximum Gasteiger partial charge on any atom is 0.0867 e. The second kappa shape index (κ2) is 32.8. The molecule has 384 valence electrons. The molecule has 0 saturated carbocycles. The van der Waals surface area contributed by atoms with Crippen LogP contribution in [0, 0.1) is 0 Å². The lowest BCUT2D eigenvalue weighted by molar-refractivity contribution is 0.800. The summed E-state index contributed by atoms with van der Waals surface area (Å²) in [7, 11) is -4.08. The Hall–Kier alpha value is -1.30.